The normalized spacial score (nSPS) is 12.1. The molecular weight excluding hydrogens is 294 g/mol. The third-order valence-corrected chi connectivity index (χ3v) is 3.74. The number of aromatic amines is 1. The lowest BCUT2D eigenvalue weighted by atomic mass is 10.1. The van der Waals surface area contributed by atoms with E-state index in [0.717, 1.165) is 5.56 Å². The number of carbonyl (C=O) groups is 1. The van der Waals surface area contributed by atoms with Crippen LogP contribution in [0.5, 0.6) is 0 Å². The first-order valence-electron chi connectivity index (χ1n) is 7.23. The zero-order chi connectivity index (χ0) is 16.2. The summed E-state index contributed by atoms with van der Waals surface area (Å²) in [4.78, 5) is 14.3. The minimum absolute atomic E-state index is 0.0361. The van der Waals surface area contributed by atoms with Crippen LogP contribution in [0.15, 0.2) is 42.6 Å². The number of hydrogen-bond acceptors (Lipinski definition) is 5. The van der Waals surface area contributed by atoms with Crippen LogP contribution in [-0.2, 0) is 6.54 Å². The van der Waals surface area contributed by atoms with E-state index in [2.05, 4.69) is 25.7 Å². The van der Waals surface area contributed by atoms with E-state index in [4.69, 9.17) is 0 Å². The van der Waals surface area contributed by atoms with Gasteiger partial charge in [0.05, 0.1) is 6.04 Å². The van der Waals surface area contributed by atoms with Gasteiger partial charge in [-0.25, -0.2) is 0 Å². The number of hydrogen-bond donors (Lipinski definition) is 1. The summed E-state index contributed by atoms with van der Waals surface area (Å²) in [6.07, 6.45) is 1.73. The molecule has 1 atom stereocenters. The molecule has 2 heterocycles. The third kappa shape index (κ3) is 3.25. The lowest BCUT2D eigenvalue weighted by Crippen LogP contribution is -2.30. The predicted octanol–water partition coefficient (Wildman–Crippen LogP) is 1.28. The maximum atomic E-state index is 12.6. The Hall–Kier alpha value is -3.03. The summed E-state index contributed by atoms with van der Waals surface area (Å²) >= 11 is 0. The van der Waals surface area contributed by atoms with Gasteiger partial charge in [0, 0.05) is 13.2 Å². The molecule has 0 saturated carbocycles. The number of rotatable bonds is 5. The van der Waals surface area contributed by atoms with Gasteiger partial charge in [0.15, 0.2) is 5.82 Å². The van der Waals surface area contributed by atoms with Crippen LogP contribution in [0, 0.1) is 0 Å². The zero-order valence-electron chi connectivity index (χ0n) is 12.9. The Morgan fingerprint density at radius 2 is 2.09 bits per heavy atom. The molecule has 1 unspecified atom stereocenters. The highest BCUT2D eigenvalue weighted by molar-refractivity contribution is 5.92. The van der Waals surface area contributed by atoms with Crippen LogP contribution >= 0.6 is 0 Å². The van der Waals surface area contributed by atoms with E-state index in [0.29, 0.717) is 18.1 Å². The van der Waals surface area contributed by atoms with Crippen molar-refractivity contribution in [1.29, 1.82) is 0 Å². The molecule has 1 N–H and O–H groups in total. The molecule has 3 rings (SSSR count). The van der Waals surface area contributed by atoms with Crippen LogP contribution in [0.2, 0.25) is 0 Å². The van der Waals surface area contributed by atoms with Gasteiger partial charge in [-0.1, -0.05) is 35.5 Å². The van der Waals surface area contributed by atoms with E-state index < -0.39 is 0 Å². The number of benzene rings is 1. The lowest BCUT2D eigenvalue weighted by molar-refractivity contribution is 0.0735. The summed E-state index contributed by atoms with van der Waals surface area (Å²) in [5, 5.41) is 17.9. The molecule has 23 heavy (non-hydrogen) atoms. The summed E-state index contributed by atoms with van der Waals surface area (Å²) in [6.45, 7) is 2.35. The van der Waals surface area contributed by atoms with Gasteiger partial charge in [-0.05, 0) is 18.6 Å². The SMILES string of the molecule is CC(c1ccccc1)N(C)C(=O)c1ccn(Cc2nn[nH]n2)n1. The van der Waals surface area contributed by atoms with E-state index in [1.165, 1.54) is 0 Å². The standard InChI is InChI=1S/C15H17N7O/c1-11(12-6-4-3-5-7-12)21(2)15(23)13-8-9-22(18-13)10-14-16-19-20-17-14/h3-9,11H,10H2,1-2H3,(H,16,17,19,20). The van der Waals surface area contributed by atoms with Gasteiger partial charge >= 0.3 is 0 Å². The fourth-order valence-electron chi connectivity index (χ4n) is 2.27. The molecule has 0 bridgehead atoms. The molecule has 2 aromatic heterocycles. The quantitative estimate of drug-likeness (QED) is 0.766. The van der Waals surface area contributed by atoms with Crippen molar-refractivity contribution in [2.45, 2.75) is 19.5 Å². The average Bonchev–Trinajstić information content (AvgIpc) is 3.26. The van der Waals surface area contributed by atoms with Crippen molar-refractivity contribution in [2.75, 3.05) is 7.05 Å². The average molecular weight is 311 g/mol. The second kappa shape index (κ2) is 6.39. The molecule has 0 saturated heterocycles. The van der Waals surface area contributed by atoms with E-state index in [1.54, 1.807) is 28.9 Å². The predicted molar refractivity (Wildman–Crippen MR) is 82.5 cm³/mol. The molecule has 1 amide bonds. The van der Waals surface area contributed by atoms with Gasteiger partial charge in [0.1, 0.15) is 12.2 Å². The van der Waals surface area contributed by atoms with Gasteiger partial charge in [-0.15, -0.1) is 10.2 Å². The van der Waals surface area contributed by atoms with Gasteiger partial charge in [0.2, 0.25) is 0 Å². The topological polar surface area (TPSA) is 92.6 Å². The Bertz CT molecular complexity index is 766. The van der Waals surface area contributed by atoms with Crippen LogP contribution in [0.3, 0.4) is 0 Å². The Balaban J connectivity index is 1.71. The molecule has 0 radical (unpaired) electrons. The van der Waals surface area contributed by atoms with Gasteiger partial charge in [-0.3, -0.25) is 9.48 Å². The van der Waals surface area contributed by atoms with Crippen molar-refractivity contribution in [3.05, 3.63) is 59.7 Å². The zero-order valence-corrected chi connectivity index (χ0v) is 12.9. The smallest absolute Gasteiger partial charge is 0.274 e. The highest BCUT2D eigenvalue weighted by Gasteiger charge is 2.20. The highest BCUT2D eigenvalue weighted by atomic mass is 16.2. The molecule has 0 aliphatic carbocycles. The van der Waals surface area contributed by atoms with Crippen molar-refractivity contribution >= 4 is 5.91 Å². The first-order valence-corrected chi connectivity index (χ1v) is 7.23. The third-order valence-electron chi connectivity index (χ3n) is 3.74. The minimum Gasteiger partial charge on any atom is -0.334 e. The van der Waals surface area contributed by atoms with E-state index in [-0.39, 0.29) is 11.9 Å². The fourth-order valence-corrected chi connectivity index (χ4v) is 2.27. The van der Waals surface area contributed by atoms with Crippen LogP contribution in [-0.4, -0.2) is 48.3 Å². The summed E-state index contributed by atoms with van der Waals surface area (Å²) in [6, 6.07) is 11.5. The first kappa shape index (κ1) is 14.9. The molecular formula is C15H17N7O. The monoisotopic (exact) mass is 311 g/mol. The van der Waals surface area contributed by atoms with Crippen molar-refractivity contribution in [1.82, 2.24) is 35.3 Å². The van der Waals surface area contributed by atoms with E-state index in [1.807, 2.05) is 37.3 Å². The number of nitrogens with one attached hydrogen (secondary N) is 1. The Morgan fingerprint density at radius 3 is 2.78 bits per heavy atom. The molecule has 0 aliphatic heterocycles. The molecule has 0 aliphatic rings. The molecule has 0 fully saturated rings. The molecule has 8 heteroatoms. The van der Waals surface area contributed by atoms with Gasteiger partial charge in [-0.2, -0.15) is 10.3 Å². The van der Waals surface area contributed by atoms with Crippen molar-refractivity contribution in [2.24, 2.45) is 0 Å². The van der Waals surface area contributed by atoms with Crippen LogP contribution in [0.1, 0.15) is 34.8 Å². The number of tetrazole rings is 1. The molecule has 1 aromatic carbocycles. The fraction of sp³-hybridized carbons (Fsp3) is 0.267. The number of aromatic nitrogens is 6. The maximum Gasteiger partial charge on any atom is 0.274 e. The van der Waals surface area contributed by atoms with Crippen LogP contribution < -0.4 is 0 Å². The Labute approximate surface area is 133 Å². The summed E-state index contributed by atoms with van der Waals surface area (Å²) in [5.41, 5.74) is 1.47. The number of carbonyl (C=O) groups excluding carboxylic acids is 1. The Kier molecular flexibility index (Phi) is 4.13. The van der Waals surface area contributed by atoms with Crippen LogP contribution in [0.25, 0.3) is 0 Å². The molecule has 0 spiro atoms. The molecule has 3 aromatic rings. The second-order valence-corrected chi connectivity index (χ2v) is 5.23. The number of amides is 1. The Morgan fingerprint density at radius 1 is 1.30 bits per heavy atom. The highest BCUT2D eigenvalue weighted by Crippen LogP contribution is 2.19. The minimum atomic E-state index is -0.131. The second-order valence-electron chi connectivity index (χ2n) is 5.23. The van der Waals surface area contributed by atoms with E-state index in [9.17, 15) is 4.79 Å². The van der Waals surface area contributed by atoms with Crippen LogP contribution in [0.4, 0.5) is 0 Å². The van der Waals surface area contributed by atoms with E-state index >= 15 is 0 Å². The van der Waals surface area contributed by atoms with Crippen molar-refractivity contribution < 1.29 is 4.79 Å². The van der Waals surface area contributed by atoms with Gasteiger partial charge < -0.3 is 4.90 Å². The summed E-state index contributed by atoms with van der Waals surface area (Å²) in [5.74, 6) is 0.381. The summed E-state index contributed by atoms with van der Waals surface area (Å²) in [7, 11) is 1.78. The van der Waals surface area contributed by atoms with Gasteiger partial charge in [0.25, 0.3) is 5.91 Å². The number of H-pyrrole nitrogens is 1. The maximum absolute atomic E-state index is 12.6. The lowest BCUT2D eigenvalue weighted by Gasteiger charge is -2.24. The van der Waals surface area contributed by atoms with Crippen molar-refractivity contribution in [3.63, 3.8) is 0 Å². The summed E-state index contributed by atoms with van der Waals surface area (Å²) < 4.78 is 1.61. The molecule has 8 nitrogen and oxygen atoms in total. The largest absolute Gasteiger partial charge is 0.334 e. The number of nitrogens with zero attached hydrogens (tertiary/aromatic N) is 6. The molecule has 118 valence electrons. The van der Waals surface area contributed by atoms with Crippen molar-refractivity contribution in [3.8, 4) is 0 Å². The first-order chi connectivity index (χ1) is 11.1.